The fraction of sp³-hybridized carbons (Fsp3) is 0.345. The number of carbonyl (C=O) groups is 1. The van der Waals surface area contributed by atoms with Crippen LogP contribution >= 0.6 is 11.6 Å². The average Bonchev–Trinajstić information content (AvgIpc) is 2.88. The van der Waals surface area contributed by atoms with Crippen molar-refractivity contribution in [3.63, 3.8) is 0 Å². The van der Waals surface area contributed by atoms with Gasteiger partial charge in [-0.05, 0) is 62.4 Å². The number of nitrogens with one attached hydrogen (secondary N) is 1. The van der Waals surface area contributed by atoms with Gasteiger partial charge in [-0.15, -0.1) is 0 Å². The third kappa shape index (κ3) is 6.25. The lowest BCUT2D eigenvalue weighted by molar-refractivity contribution is -0.139. The highest BCUT2D eigenvalue weighted by Crippen LogP contribution is 2.32. The Morgan fingerprint density at radius 2 is 1.78 bits per heavy atom. The van der Waals surface area contributed by atoms with E-state index in [9.17, 15) is 9.18 Å². The van der Waals surface area contributed by atoms with Crippen molar-refractivity contribution in [2.45, 2.75) is 38.5 Å². The van der Waals surface area contributed by atoms with Gasteiger partial charge in [0.25, 0.3) is 5.91 Å². The van der Waals surface area contributed by atoms with Gasteiger partial charge in [-0.2, -0.15) is 0 Å². The average molecular weight is 510 g/mol. The minimum atomic E-state index is -0.232. The second kappa shape index (κ2) is 11.9. The molecular weight excluding hydrogens is 477 g/mol. The zero-order chi connectivity index (χ0) is 25.7. The summed E-state index contributed by atoms with van der Waals surface area (Å²) in [5.74, 6) is 0.355. The lowest BCUT2D eigenvalue weighted by Gasteiger charge is -2.44. The SMILES string of the molecule is CNC(c1ccccc1)c1cc(Cl)ccc1OCC(=O)N1C[C@@H](C)N(Cc2ccc(F)cc2)C[C@@H]1C. The molecule has 0 aliphatic carbocycles. The lowest BCUT2D eigenvalue weighted by Crippen LogP contribution is -2.58. The van der Waals surface area contributed by atoms with Gasteiger partial charge < -0.3 is 15.0 Å². The van der Waals surface area contributed by atoms with Crippen LogP contribution < -0.4 is 10.1 Å². The van der Waals surface area contributed by atoms with Gasteiger partial charge in [0.05, 0.1) is 6.04 Å². The van der Waals surface area contributed by atoms with Gasteiger partial charge in [-0.25, -0.2) is 4.39 Å². The van der Waals surface area contributed by atoms with E-state index in [1.807, 2.05) is 66.5 Å². The molecule has 1 N–H and O–H groups in total. The predicted molar refractivity (Wildman–Crippen MR) is 142 cm³/mol. The maximum absolute atomic E-state index is 13.3. The molecule has 7 heteroatoms. The van der Waals surface area contributed by atoms with Crippen molar-refractivity contribution in [2.24, 2.45) is 0 Å². The van der Waals surface area contributed by atoms with Crippen molar-refractivity contribution >= 4 is 17.5 Å². The summed E-state index contributed by atoms with van der Waals surface area (Å²) in [5, 5.41) is 3.94. The maximum atomic E-state index is 13.3. The van der Waals surface area contributed by atoms with Crippen molar-refractivity contribution in [1.29, 1.82) is 0 Å². The number of ether oxygens (including phenoxy) is 1. The minimum Gasteiger partial charge on any atom is -0.483 e. The van der Waals surface area contributed by atoms with Crippen LogP contribution in [-0.2, 0) is 11.3 Å². The summed E-state index contributed by atoms with van der Waals surface area (Å²) in [7, 11) is 1.89. The number of hydrogen-bond donors (Lipinski definition) is 1. The van der Waals surface area contributed by atoms with E-state index < -0.39 is 0 Å². The molecule has 1 unspecified atom stereocenters. The first-order chi connectivity index (χ1) is 17.4. The number of carbonyl (C=O) groups excluding carboxylic acids is 1. The predicted octanol–water partition coefficient (Wildman–Crippen LogP) is 5.29. The molecule has 1 aliphatic heterocycles. The molecule has 36 heavy (non-hydrogen) atoms. The Morgan fingerprint density at radius 1 is 1.06 bits per heavy atom. The topological polar surface area (TPSA) is 44.8 Å². The smallest absolute Gasteiger partial charge is 0.260 e. The fourth-order valence-electron chi connectivity index (χ4n) is 4.84. The van der Waals surface area contributed by atoms with Crippen LogP contribution in [0.3, 0.4) is 0 Å². The van der Waals surface area contributed by atoms with Crippen LogP contribution in [0.2, 0.25) is 5.02 Å². The Hall–Kier alpha value is -2.93. The van der Waals surface area contributed by atoms with E-state index in [4.69, 9.17) is 16.3 Å². The number of benzene rings is 3. The molecule has 1 fully saturated rings. The second-order valence-corrected chi connectivity index (χ2v) is 9.84. The Balaban J connectivity index is 1.41. The van der Waals surface area contributed by atoms with Gasteiger partial charge in [0.15, 0.2) is 6.61 Å². The molecule has 1 heterocycles. The van der Waals surface area contributed by atoms with Gasteiger partial charge >= 0.3 is 0 Å². The highest BCUT2D eigenvalue weighted by molar-refractivity contribution is 6.30. The first-order valence-corrected chi connectivity index (χ1v) is 12.7. The molecule has 3 aromatic carbocycles. The highest BCUT2D eigenvalue weighted by Gasteiger charge is 2.32. The summed E-state index contributed by atoms with van der Waals surface area (Å²) in [4.78, 5) is 17.4. The summed E-state index contributed by atoms with van der Waals surface area (Å²) in [6.45, 7) is 6.21. The molecule has 1 aliphatic rings. The summed E-state index contributed by atoms with van der Waals surface area (Å²) in [5.41, 5.74) is 3.03. The standard InChI is InChI=1S/C29H33ClFN3O2/c1-20-17-34(21(2)16-33(20)18-22-9-12-25(31)13-10-22)28(35)19-36-27-14-11-24(30)15-26(27)29(32-3)23-7-5-4-6-8-23/h4-15,20-21,29,32H,16-19H2,1-3H3/t20-,21+,29?/m1/s1. The molecule has 5 nitrogen and oxygen atoms in total. The summed E-state index contributed by atoms with van der Waals surface area (Å²) < 4.78 is 19.3. The molecule has 4 rings (SSSR count). The van der Waals surface area contributed by atoms with Crippen LogP contribution in [0.4, 0.5) is 4.39 Å². The molecule has 3 aromatic rings. The third-order valence-corrected chi connectivity index (χ3v) is 7.02. The Labute approximate surface area is 217 Å². The van der Waals surface area contributed by atoms with Crippen LogP contribution in [0.5, 0.6) is 5.75 Å². The lowest BCUT2D eigenvalue weighted by atomic mass is 9.98. The molecule has 1 amide bonds. The van der Waals surface area contributed by atoms with E-state index in [0.717, 1.165) is 29.8 Å². The van der Waals surface area contributed by atoms with Crippen molar-refractivity contribution < 1.29 is 13.9 Å². The van der Waals surface area contributed by atoms with Crippen molar-refractivity contribution in [1.82, 2.24) is 15.1 Å². The van der Waals surface area contributed by atoms with Crippen LogP contribution in [0, 0.1) is 5.82 Å². The molecule has 0 saturated carbocycles. The van der Waals surface area contributed by atoms with Crippen LogP contribution in [-0.4, -0.2) is 54.5 Å². The highest BCUT2D eigenvalue weighted by atomic mass is 35.5. The van der Waals surface area contributed by atoms with Gasteiger partial charge in [-0.1, -0.05) is 54.1 Å². The number of hydrogen-bond acceptors (Lipinski definition) is 4. The maximum Gasteiger partial charge on any atom is 0.260 e. The molecule has 1 saturated heterocycles. The van der Waals surface area contributed by atoms with E-state index in [-0.39, 0.29) is 36.5 Å². The number of amides is 1. The molecule has 0 aromatic heterocycles. The molecule has 0 spiro atoms. The van der Waals surface area contributed by atoms with Crippen molar-refractivity contribution in [2.75, 3.05) is 26.7 Å². The monoisotopic (exact) mass is 509 g/mol. The zero-order valence-electron chi connectivity index (χ0n) is 21.0. The largest absolute Gasteiger partial charge is 0.483 e. The van der Waals surface area contributed by atoms with Crippen LogP contribution in [0.1, 0.15) is 36.6 Å². The quantitative estimate of drug-likeness (QED) is 0.448. The van der Waals surface area contributed by atoms with E-state index in [1.165, 1.54) is 12.1 Å². The number of halogens is 2. The summed E-state index contributed by atoms with van der Waals surface area (Å²) in [6.07, 6.45) is 0. The van der Waals surface area contributed by atoms with Gasteiger partial charge in [0.1, 0.15) is 11.6 Å². The third-order valence-electron chi connectivity index (χ3n) is 6.79. The van der Waals surface area contributed by atoms with E-state index >= 15 is 0 Å². The summed E-state index contributed by atoms with van der Waals surface area (Å²) in [6, 6.07) is 22.2. The van der Waals surface area contributed by atoms with Crippen LogP contribution in [0.25, 0.3) is 0 Å². The zero-order valence-corrected chi connectivity index (χ0v) is 21.7. The Bertz CT molecular complexity index is 1160. The first kappa shape index (κ1) is 26.1. The minimum absolute atomic E-state index is 0.0387. The molecule has 0 radical (unpaired) electrons. The molecule has 190 valence electrons. The molecular formula is C29H33ClFN3O2. The summed E-state index contributed by atoms with van der Waals surface area (Å²) >= 11 is 6.32. The van der Waals surface area contributed by atoms with Crippen LogP contribution in [0.15, 0.2) is 72.8 Å². The van der Waals surface area contributed by atoms with Gasteiger partial charge in [0.2, 0.25) is 0 Å². The van der Waals surface area contributed by atoms with E-state index in [2.05, 4.69) is 24.1 Å². The van der Waals surface area contributed by atoms with Gasteiger partial charge in [0, 0.05) is 42.3 Å². The number of rotatable bonds is 8. The fourth-order valence-corrected chi connectivity index (χ4v) is 5.02. The Kier molecular flexibility index (Phi) is 8.62. The number of piperazine rings is 1. The van der Waals surface area contributed by atoms with Gasteiger partial charge in [-0.3, -0.25) is 9.69 Å². The molecule has 0 bridgehead atoms. The normalized spacial score (nSPS) is 19.2. The Morgan fingerprint density at radius 3 is 2.47 bits per heavy atom. The first-order valence-electron chi connectivity index (χ1n) is 12.3. The van der Waals surface area contributed by atoms with E-state index in [1.54, 1.807) is 6.07 Å². The van der Waals surface area contributed by atoms with E-state index in [0.29, 0.717) is 17.3 Å². The molecule has 3 atom stereocenters. The van der Waals surface area contributed by atoms with Crippen molar-refractivity contribution in [3.05, 3.63) is 100 Å². The second-order valence-electron chi connectivity index (χ2n) is 9.40. The number of nitrogens with zero attached hydrogens (tertiary/aromatic N) is 2. The van der Waals surface area contributed by atoms with Crippen molar-refractivity contribution in [3.8, 4) is 5.75 Å².